The molecule has 0 aromatic carbocycles. The number of ether oxygens (including phenoxy) is 1. The SMILES string of the molecule is C#CC.C=CC.CC.CC#CCNC(=O)OCO.CC#CCNC(C)=O.CC#CCO.CC=CO.CCC.CCCC.CCCCC. The molecule has 8 heteroatoms. The van der Waals surface area contributed by atoms with Crippen molar-refractivity contribution in [2.75, 3.05) is 26.5 Å². The number of nitrogens with one attached hydrogen (secondary N) is 2. The van der Waals surface area contributed by atoms with Crippen LogP contribution in [0.2, 0.25) is 0 Å². The van der Waals surface area contributed by atoms with E-state index >= 15 is 0 Å². The Morgan fingerprint density at radius 3 is 1.26 bits per heavy atom. The van der Waals surface area contributed by atoms with Crippen LogP contribution in [0.4, 0.5) is 4.79 Å². The second-order valence-electron chi connectivity index (χ2n) is 7.50. The lowest BCUT2D eigenvalue weighted by Crippen LogP contribution is -2.24. The minimum atomic E-state index is -0.662. The van der Waals surface area contributed by atoms with E-state index in [1.807, 2.05) is 20.8 Å². The Kier molecular flexibility index (Phi) is 167. The summed E-state index contributed by atoms with van der Waals surface area (Å²) in [6.07, 6.45) is 16.2. The van der Waals surface area contributed by atoms with Crippen molar-refractivity contribution in [3.63, 3.8) is 0 Å². The van der Waals surface area contributed by atoms with Crippen LogP contribution in [0.5, 0.6) is 0 Å². The van der Waals surface area contributed by atoms with E-state index < -0.39 is 12.9 Å². The first-order valence-corrected chi connectivity index (χ1v) is 16.2. The van der Waals surface area contributed by atoms with Gasteiger partial charge in [-0.05, 0) is 41.5 Å². The fourth-order valence-corrected chi connectivity index (χ4v) is 1.00. The fourth-order valence-electron chi connectivity index (χ4n) is 1.00. The molecule has 0 saturated carbocycles. The van der Waals surface area contributed by atoms with Gasteiger partial charge in [-0.25, -0.2) is 4.79 Å². The molecular formula is C39H76N2O6. The molecule has 0 aromatic rings. The molecule has 5 N–H and O–H groups in total. The summed E-state index contributed by atoms with van der Waals surface area (Å²) in [7, 11) is 0. The molecule has 0 atom stereocenters. The highest BCUT2D eigenvalue weighted by Crippen LogP contribution is 1.88. The number of carbonyl (C=O) groups is 2. The van der Waals surface area contributed by atoms with Crippen LogP contribution in [-0.2, 0) is 9.53 Å². The molecule has 0 heterocycles. The normalized spacial score (nSPS) is 6.55. The van der Waals surface area contributed by atoms with Crippen LogP contribution < -0.4 is 10.6 Å². The minimum absolute atomic E-state index is 0.0174. The van der Waals surface area contributed by atoms with E-state index in [4.69, 9.17) is 15.3 Å². The summed E-state index contributed by atoms with van der Waals surface area (Å²) in [4.78, 5) is 20.5. The topological polar surface area (TPSA) is 128 Å². The largest absolute Gasteiger partial charge is 0.516 e. The number of aliphatic hydroxyl groups excluding tert-OH is 3. The molecule has 0 rings (SSSR count). The third kappa shape index (κ3) is 296. The van der Waals surface area contributed by atoms with E-state index in [0.29, 0.717) is 6.54 Å². The molecule has 47 heavy (non-hydrogen) atoms. The zero-order valence-electron chi connectivity index (χ0n) is 33.2. The molecule has 0 saturated heterocycles. The number of hydrogen-bond acceptors (Lipinski definition) is 6. The molecule has 0 bridgehead atoms. The number of amides is 2. The van der Waals surface area contributed by atoms with Gasteiger partial charge in [-0.2, -0.15) is 0 Å². The van der Waals surface area contributed by atoms with Crippen LogP contribution >= 0.6 is 0 Å². The number of carbonyl (C=O) groups excluding carboxylic acids is 2. The van der Waals surface area contributed by atoms with Gasteiger partial charge >= 0.3 is 6.09 Å². The molecule has 0 aliphatic carbocycles. The van der Waals surface area contributed by atoms with Crippen molar-refractivity contribution in [3.05, 3.63) is 25.0 Å². The monoisotopic (exact) mass is 669 g/mol. The van der Waals surface area contributed by atoms with Crippen molar-refractivity contribution in [1.29, 1.82) is 0 Å². The summed E-state index contributed by atoms with van der Waals surface area (Å²) >= 11 is 0. The molecule has 0 aromatic heterocycles. The van der Waals surface area contributed by atoms with Crippen molar-refractivity contribution >= 4 is 12.0 Å². The van der Waals surface area contributed by atoms with E-state index in [2.05, 4.69) is 111 Å². The summed E-state index contributed by atoms with van der Waals surface area (Å²) in [5, 5.41) is 28.5. The lowest BCUT2D eigenvalue weighted by Gasteiger charge is -1.98. The molecule has 278 valence electrons. The highest BCUT2D eigenvalue weighted by molar-refractivity contribution is 5.73. The molecule has 0 radical (unpaired) electrons. The van der Waals surface area contributed by atoms with Gasteiger partial charge in [-0.3, -0.25) is 4.79 Å². The summed E-state index contributed by atoms with van der Waals surface area (Å²) in [5.41, 5.74) is 0. The number of terminal acetylenes is 1. The molecular weight excluding hydrogens is 592 g/mol. The maximum absolute atomic E-state index is 10.4. The Hall–Kier alpha value is -3.82. The van der Waals surface area contributed by atoms with Crippen LogP contribution in [0.15, 0.2) is 25.0 Å². The highest BCUT2D eigenvalue weighted by atomic mass is 16.6. The maximum atomic E-state index is 10.4. The van der Waals surface area contributed by atoms with Crippen molar-refractivity contribution in [2.45, 2.75) is 142 Å². The van der Waals surface area contributed by atoms with E-state index in [1.165, 1.54) is 45.4 Å². The van der Waals surface area contributed by atoms with Gasteiger partial charge in [-0.1, -0.05) is 124 Å². The average molecular weight is 669 g/mol. The zero-order chi connectivity index (χ0) is 39.4. The van der Waals surface area contributed by atoms with Crippen molar-refractivity contribution in [2.24, 2.45) is 0 Å². The molecule has 0 unspecified atom stereocenters. The van der Waals surface area contributed by atoms with Gasteiger partial charge in [0.1, 0.15) is 6.61 Å². The second kappa shape index (κ2) is 113. The number of rotatable bonds is 6. The Morgan fingerprint density at radius 2 is 1.11 bits per heavy atom. The molecule has 8 nitrogen and oxygen atoms in total. The lowest BCUT2D eigenvalue weighted by atomic mass is 10.3. The molecule has 0 aliphatic rings. The molecule has 0 aliphatic heterocycles. The molecule has 2 amide bonds. The number of aliphatic hydroxyl groups is 3. The minimum Gasteiger partial charge on any atom is -0.516 e. The summed E-state index contributed by atoms with van der Waals surface area (Å²) in [6, 6.07) is 0. The van der Waals surface area contributed by atoms with E-state index in [1.54, 1.807) is 46.8 Å². The first-order chi connectivity index (χ1) is 22.5. The highest BCUT2D eigenvalue weighted by Gasteiger charge is 1.94. The molecule has 0 spiro atoms. The standard InChI is InChI=1S/C6H9NO3.C6H9NO.C5H12.C4H6O.C4H10.C3H6O.C3H8.C3H6.C3H4.C2H6/c1-2-3-4-7-6(9)10-5-8;1-3-4-5-7-6(2)8;1-3-5-4-2;1-2-3-4-5;1-3-4-2;1-2-3-4;3*1-3-2;1-2/h8H,4-5H2,1H3,(H,7,9);5H2,1-2H3,(H,7,8);3-5H2,1-2H3;5H,4H2,1H3;3-4H2,1-2H3;2-4H,1H3;3H2,1-2H3;3H,1H2,2H3;1H,2H3;1-2H3. The van der Waals surface area contributed by atoms with Crippen molar-refractivity contribution < 1.29 is 29.6 Å². The van der Waals surface area contributed by atoms with E-state index in [9.17, 15) is 9.59 Å². The zero-order valence-corrected chi connectivity index (χ0v) is 33.2. The van der Waals surface area contributed by atoms with Crippen LogP contribution in [0.1, 0.15) is 142 Å². The summed E-state index contributed by atoms with van der Waals surface area (Å²) in [5.74, 6) is 17.7. The van der Waals surface area contributed by atoms with Crippen LogP contribution in [-0.4, -0.2) is 53.8 Å². The predicted octanol–water partition coefficient (Wildman–Crippen LogP) is 9.19. The number of alkyl carbamates (subject to hydrolysis) is 1. The van der Waals surface area contributed by atoms with Crippen molar-refractivity contribution in [3.8, 4) is 47.9 Å². The number of hydrogen-bond donors (Lipinski definition) is 5. The Balaban J connectivity index is -0.0000000421. The van der Waals surface area contributed by atoms with Gasteiger partial charge < -0.3 is 30.7 Å². The Bertz CT molecular complexity index is 761. The van der Waals surface area contributed by atoms with Gasteiger partial charge in [0, 0.05) is 6.92 Å². The maximum Gasteiger partial charge on any atom is 0.410 e. The Morgan fingerprint density at radius 1 is 0.787 bits per heavy atom. The number of unbranched alkanes of at least 4 members (excludes halogenated alkanes) is 3. The van der Waals surface area contributed by atoms with E-state index in [-0.39, 0.29) is 19.1 Å². The first-order valence-electron chi connectivity index (χ1n) is 16.2. The summed E-state index contributed by atoms with van der Waals surface area (Å²) in [6.45, 7) is 32.3. The van der Waals surface area contributed by atoms with Gasteiger partial charge in [0.2, 0.25) is 5.91 Å². The summed E-state index contributed by atoms with van der Waals surface area (Å²) < 4.78 is 4.13. The van der Waals surface area contributed by atoms with Crippen molar-refractivity contribution in [1.82, 2.24) is 10.6 Å². The number of allylic oxidation sites excluding steroid dienone is 2. The fraction of sp³-hybridized carbons (Fsp3) is 0.641. The van der Waals surface area contributed by atoms with Crippen LogP contribution in [0.25, 0.3) is 0 Å². The lowest BCUT2D eigenvalue weighted by molar-refractivity contribution is -0.118. The van der Waals surface area contributed by atoms with Gasteiger partial charge in [0.25, 0.3) is 0 Å². The second-order valence-corrected chi connectivity index (χ2v) is 7.50. The quantitative estimate of drug-likeness (QED) is 0.0831. The third-order valence-corrected chi connectivity index (χ3v) is 2.91. The third-order valence-electron chi connectivity index (χ3n) is 2.91. The smallest absolute Gasteiger partial charge is 0.410 e. The van der Waals surface area contributed by atoms with Gasteiger partial charge in [-0.15, -0.1) is 36.7 Å². The van der Waals surface area contributed by atoms with E-state index in [0.717, 1.165) is 6.26 Å². The van der Waals surface area contributed by atoms with Crippen LogP contribution in [0.3, 0.4) is 0 Å². The molecule has 0 fully saturated rings. The van der Waals surface area contributed by atoms with Gasteiger partial charge in [0.05, 0.1) is 19.4 Å². The van der Waals surface area contributed by atoms with Gasteiger partial charge in [0.15, 0.2) is 6.79 Å². The Labute approximate surface area is 293 Å². The van der Waals surface area contributed by atoms with Crippen LogP contribution in [0, 0.1) is 47.9 Å². The average Bonchev–Trinajstić information content (AvgIpc) is 3.05. The predicted molar refractivity (Wildman–Crippen MR) is 209 cm³/mol. The first kappa shape index (κ1) is 69.8.